The van der Waals surface area contributed by atoms with E-state index in [4.69, 9.17) is 9.47 Å². The highest BCUT2D eigenvalue weighted by molar-refractivity contribution is 7.18. The van der Waals surface area contributed by atoms with Gasteiger partial charge < -0.3 is 19.5 Å². The largest absolute Gasteiger partial charge is 0.512 e. The maximum atomic E-state index is 13.0. The standard InChI is InChI=1S/C23H23NO5S/c1-3-8-21(25)24(15-16-9-7-12-18(13-16)28-2)19-14-20(17-10-5-4-6-11-17)30-22(19)29-23(26)27/h4-7,9-14H,3,8,15H2,1-2H3,(H,26,27). The smallest absolute Gasteiger partial charge is 0.497 e. The van der Waals surface area contributed by atoms with Crippen LogP contribution in [0.1, 0.15) is 25.3 Å². The molecule has 0 saturated heterocycles. The highest BCUT2D eigenvalue weighted by Crippen LogP contribution is 2.43. The van der Waals surface area contributed by atoms with Crippen molar-refractivity contribution in [3.05, 3.63) is 66.2 Å². The molecule has 6 nitrogen and oxygen atoms in total. The molecular weight excluding hydrogens is 402 g/mol. The monoisotopic (exact) mass is 425 g/mol. The summed E-state index contributed by atoms with van der Waals surface area (Å²) in [5.41, 5.74) is 2.24. The van der Waals surface area contributed by atoms with Crippen molar-refractivity contribution < 1.29 is 24.2 Å². The topological polar surface area (TPSA) is 76.1 Å². The van der Waals surface area contributed by atoms with Crippen LogP contribution in [0.2, 0.25) is 0 Å². The number of hydrogen-bond donors (Lipinski definition) is 1. The third kappa shape index (κ3) is 5.18. The predicted octanol–water partition coefficient (Wildman–Crippen LogP) is 5.81. The molecule has 1 heterocycles. The van der Waals surface area contributed by atoms with Gasteiger partial charge in [-0.25, -0.2) is 4.79 Å². The van der Waals surface area contributed by atoms with Gasteiger partial charge in [0, 0.05) is 11.3 Å². The van der Waals surface area contributed by atoms with Crippen molar-refractivity contribution in [3.8, 4) is 21.3 Å². The molecule has 0 aliphatic rings. The van der Waals surface area contributed by atoms with E-state index in [1.807, 2.05) is 67.6 Å². The van der Waals surface area contributed by atoms with Gasteiger partial charge in [0.1, 0.15) is 5.75 Å². The predicted molar refractivity (Wildman–Crippen MR) is 117 cm³/mol. The van der Waals surface area contributed by atoms with Crippen molar-refractivity contribution >= 4 is 29.1 Å². The molecule has 0 saturated carbocycles. The number of ether oxygens (including phenoxy) is 2. The average Bonchev–Trinajstić information content (AvgIpc) is 3.15. The summed E-state index contributed by atoms with van der Waals surface area (Å²) in [5, 5.41) is 9.39. The second kappa shape index (κ2) is 9.93. The van der Waals surface area contributed by atoms with Gasteiger partial charge in [0.2, 0.25) is 11.0 Å². The number of carbonyl (C=O) groups is 2. The van der Waals surface area contributed by atoms with E-state index in [1.165, 1.54) is 11.3 Å². The molecule has 0 bridgehead atoms. The highest BCUT2D eigenvalue weighted by Gasteiger charge is 2.24. The number of amides is 1. The first kappa shape index (κ1) is 21.4. The minimum absolute atomic E-state index is 0.104. The number of hydrogen-bond acceptors (Lipinski definition) is 5. The molecule has 0 aliphatic heterocycles. The van der Waals surface area contributed by atoms with Gasteiger partial charge in [-0.1, -0.05) is 60.7 Å². The summed E-state index contributed by atoms with van der Waals surface area (Å²) in [6, 6.07) is 18.8. The number of carboxylic acid groups (broad SMARTS) is 1. The summed E-state index contributed by atoms with van der Waals surface area (Å²) < 4.78 is 10.3. The Balaban J connectivity index is 2.05. The van der Waals surface area contributed by atoms with E-state index in [-0.39, 0.29) is 17.5 Å². The Labute approximate surface area is 179 Å². The summed E-state index contributed by atoms with van der Waals surface area (Å²) in [6.45, 7) is 2.20. The first-order chi connectivity index (χ1) is 14.5. The molecule has 0 unspecified atom stereocenters. The normalized spacial score (nSPS) is 10.5. The lowest BCUT2D eigenvalue weighted by atomic mass is 10.1. The van der Waals surface area contributed by atoms with Crippen molar-refractivity contribution in [3.63, 3.8) is 0 Å². The summed E-state index contributed by atoms with van der Waals surface area (Å²) in [5.74, 6) is 0.584. The maximum Gasteiger partial charge on any atom is 0.512 e. The van der Waals surface area contributed by atoms with Crippen LogP contribution in [-0.4, -0.2) is 24.3 Å². The molecule has 1 amide bonds. The molecular formula is C23H23NO5S. The van der Waals surface area contributed by atoms with Crippen molar-refractivity contribution in [2.75, 3.05) is 12.0 Å². The highest BCUT2D eigenvalue weighted by atomic mass is 32.1. The van der Waals surface area contributed by atoms with E-state index >= 15 is 0 Å². The summed E-state index contributed by atoms with van der Waals surface area (Å²) >= 11 is 1.20. The zero-order chi connectivity index (χ0) is 21.5. The number of anilines is 1. The lowest BCUT2D eigenvalue weighted by molar-refractivity contribution is -0.118. The Morgan fingerprint density at radius 2 is 1.83 bits per heavy atom. The second-order valence-electron chi connectivity index (χ2n) is 6.60. The lowest BCUT2D eigenvalue weighted by Crippen LogP contribution is -2.30. The number of methoxy groups -OCH3 is 1. The first-order valence-corrected chi connectivity index (χ1v) is 10.4. The van der Waals surface area contributed by atoms with Crippen molar-refractivity contribution in [1.29, 1.82) is 0 Å². The zero-order valence-corrected chi connectivity index (χ0v) is 17.6. The Kier molecular flexibility index (Phi) is 7.08. The third-order valence-electron chi connectivity index (χ3n) is 4.45. The van der Waals surface area contributed by atoms with Crippen molar-refractivity contribution in [1.82, 2.24) is 0 Å². The van der Waals surface area contributed by atoms with E-state index in [9.17, 15) is 14.7 Å². The van der Waals surface area contributed by atoms with Crippen LogP contribution in [0.4, 0.5) is 10.5 Å². The summed E-state index contributed by atoms with van der Waals surface area (Å²) in [6.07, 6.45) is -0.396. The van der Waals surface area contributed by atoms with Crippen LogP contribution < -0.4 is 14.4 Å². The summed E-state index contributed by atoms with van der Waals surface area (Å²) in [7, 11) is 1.59. The number of nitrogens with zero attached hydrogens (tertiary/aromatic N) is 1. The van der Waals surface area contributed by atoms with Crippen LogP contribution in [0, 0.1) is 0 Å². The molecule has 1 aromatic heterocycles. The Hall–Kier alpha value is -3.32. The van der Waals surface area contributed by atoms with Crippen LogP contribution in [0.25, 0.3) is 10.4 Å². The van der Waals surface area contributed by atoms with Crippen LogP contribution in [0.5, 0.6) is 10.8 Å². The van der Waals surface area contributed by atoms with Crippen LogP contribution >= 0.6 is 11.3 Å². The molecule has 0 spiro atoms. The van der Waals surface area contributed by atoms with Gasteiger partial charge in [0.15, 0.2) is 0 Å². The molecule has 1 N–H and O–H groups in total. The van der Waals surface area contributed by atoms with Gasteiger partial charge in [-0.05, 0) is 35.7 Å². The Morgan fingerprint density at radius 3 is 2.50 bits per heavy atom. The molecule has 0 atom stereocenters. The lowest BCUT2D eigenvalue weighted by Gasteiger charge is -2.23. The Morgan fingerprint density at radius 1 is 1.07 bits per heavy atom. The molecule has 2 aromatic carbocycles. The molecule has 7 heteroatoms. The molecule has 156 valence electrons. The van der Waals surface area contributed by atoms with Crippen LogP contribution in [-0.2, 0) is 11.3 Å². The maximum absolute atomic E-state index is 13.0. The van der Waals surface area contributed by atoms with Gasteiger partial charge >= 0.3 is 6.16 Å². The average molecular weight is 426 g/mol. The van der Waals surface area contributed by atoms with Gasteiger partial charge in [-0.15, -0.1) is 0 Å². The third-order valence-corrected chi connectivity index (χ3v) is 5.50. The van der Waals surface area contributed by atoms with Gasteiger partial charge in [0.05, 0.1) is 19.3 Å². The first-order valence-electron chi connectivity index (χ1n) is 9.55. The molecule has 0 aliphatic carbocycles. The SMILES string of the molecule is CCCC(=O)N(Cc1cccc(OC)c1)c1cc(-c2ccccc2)sc1OC(=O)O. The molecule has 30 heavy (non-hydrogen) atoms. The van der Waals surface area contributed by atoms with Gasteiger partial charge in [-0.3, -0.25) is 4.79 Å². The van der Waals surface area contributed by atoms with Crippen LogP contribution in [0.15, 0.2) is 60.7 Å². The number of carbonyl (C=O) groups excluding carboxylic acids is 1. The van der Waals surface area contributed by atoms with Gasteiger partial charge in [0.25, 0.3) is 0 Å². The zero-order valence-electron chi connectivity index (χ0n) is 16.8. The van der Waals surface area contributed by atoms with Crippen molar-refractivity contribution in [2.45, 2.75) is 26.3 Å². The number of benzene rings is 2. The van der Waals surface area contributed by atoms with Gasteiger partial charge in [-0.2, -0.15) is 0 Å². The van der Waals surface area contributed by atoms with E-state index in [0.29, 0.717) is 24.3 Å². The summed E-state index contributed by atoms with van der Waals surface area (Å²) in [4.78, 5) is 26.7. The fourth-order valence-corrected chi connectivity index (χ4v) is 4.07. The second-order valence-corrected chi connectivity index (χ2v) is 7.61. The van der Waals surface area contributed by atoms with Crippen LogP contribution in [0.3, 0.4) is 0 Å². The Bertz CT molecular complexity index is 1020. The number of rotatable bonds is 8. The van der Waals surface area contributed by atoms with E-state index in [2.05, 4.69) is 0 Å². The number of thiophene rings is 1. The molecule has 0 radical (unpaired) electrons. The fraction of sp³-hybridized carbons (Fsp3) is 0.217. The molecule has 3 rings (SSSR count). The molecule has 0 fully saturated rings. The molecule has 3 aromatic rings. The van der Waals surface area contributed by atoms with E-state index < -0.39 is 6.16 Å². The van der Waals surface area contributed by atoms with E-state index in [1.54, 1.807) is 12.0 Å². The van der Waals surface area contributed by atoms with Crippen molar-refractivity contribution in [2.24, 2.45) is 0 Å². The quantitative estimate of drug-likeness (QED) is 0.461. The fourth-order valence-electron chi connectivity index (χ4n) is 3.06. The van der Waals surface area contributed by atoms with E-state index in [0.717, 1.165) is 16.0 Å². The minimum atomic E-state index is -1.41. The minimum Gasteiger partial charge on any atom is -0.497 e.